The third-order valence-corrected chi connectivity index (χ3v) is 5.01. The van der Waals surface area contributed by atoms with Crippen molar-refractivity contribution in [1.29, 1.82) is 5.26 Å². The van der Waals surface area contributed by atoms with Crippen molar-refractivity contribution in [3.8, 4) is 22.9 Å². The molecule has 0 amide bonds. The van der Waals surface area contributed by atoms with Gasteiger partial charge < -0.3 is 15.0 Å². The zero-order valence-electron chi connectivity index (χ0n) is 14.5. The number of ether oxygens (including phenoxy) is 1. The van der Waals surface area contributed by atoms with Gasteiger partial charge in [0.2, 0.25) is 0 Å². The van der Waals surface area contributed by atoms with E-state index >= 15 is 0 Å². The van der Waals surface area contributed by atoms with Crippen molar-refractivity contribution < 1.29 is 9.13 Å². The van der Waals surface area contributed by atoms with Gasteiger partial charge in [-0.3, -0.25) is 0 Å². The summed E-state index contributed by atoms with van der Waals surface area (Å²) in [6.45, 7) is 1.98. The molecule has 4 rings (SSSR count). The zero-order valence-corrected chi connectivity index (χ0v) is 14.5. The van der Waals surface area contributed by atoms with Gasteiger partial charge >= 0.3 is 0 Å². The highest BCUT2D eigenvalue weighted by atomic mass is 19.1. The second-order valence-electron chi connectivity index (χ2n) is 6.51. The summed E-state index contributed by atoms with van der Waals surface area (Å²) in [7, 11) is 1.54. The van der Waals surface area contributed by atoms with Crippen molar-refractivity contribution in [1.82, 2.24) is 15.3 Å². The van der Waals surface area contributed by atoms with Crippen molar-refractivity contribution in [2.45, 2.75) is 18.8 Å². The van der Waals surface area contributed by atoms with Crippen LogP contribution in [0.1, 0.15) is 30.0 Å². The van der Waals surface area contributed by atoms with E-state index in [2.05, 4.69) is 27.4 Å². The Morgan fingerprint density at radius 3 is 2.81 bits per heavy atom. The minimum absolute atomic E-state index is 0.372. The number of nitriles is 1. The van der Waals surface area contributed by atoms with E-state index in [0.29, 0.717) is 34.0 Å². The molecule has 5 nitrogen and oxygen atoms in total. The predicted octanol–water partition coefficient (Wildman–Crippen LogP) is 3.72. The number of halogens is 1. The zero-order chi connectivity index (χ0) is 18.1. The number of hydrogen-bond acceptors (Lipinski definition) is 4. The Kier molecular flexibility index (Phi) is 4.31. The smallest absolute Gasteiger partial charge is 0.138 e. The molecule has 1 fully saturated rings. The number of pyridine rings is 1. The molecular formula is C20H19FN4O. The minimum Gasteiger partial charge on any atom is -0.496 e. The van der Waals surface area contributed by atoms with Gasteiger partial charge in [-0.1, -0.05) is 0 Å². The van der Waals surface area contributed by atoms with Crippen LogP contribution >= 0.6 is 0 Å². The lowest BCUT2D eigenvalue weighted by Gasteiger charge is -2.21. The van der Waals surface area contributed by atoms with E-state index in [0.717, 1.165) is 37.0 Å². The first-order valence-electron chi connectivity index (χ1n) is 8.67. The Hall–Kier alpha value is -2.91. The number of piperidine rings is 1. The first-order valence-corrected chi connectivity index (χ1v) is 8.67. The van der Waals surface area contributed by atoms with Crippen molar-refractivity contribution >= 4 is 11.0 Å². The lowest BCUT2D eigenvalue weighted by atomic mass is 9.93. The van der Waals surface area contributed by atoms with Crippen molar-refractivity contribution in [3.05, 3.63) is 47.5 Å². The highest BCUT2D eigenvalue weighted by molar-refractivity contribution is 5.98. The summed E-state index contributed by atoms with van der Waals surface area (Å²) in [6, 6.07) is 8.58. The number of nitrogens with one attached hydrogen (secondary N) is 2. The largest absolute Gasteiger partial charge is 0.496 e. The van der Waals surface area contributed by atoms with Crippen LogP contribution in [0.25, 0.3) is 22.2 Å². The first kappa shape index (κ1) is 16.6. The van der Waals surface area contributed by atoms with E-state index in [1.165, 1.54) is 18.3 Å². The fraction of sp³-hybridized carbons (Fsp3) is 0.300. The number of aromatic nitrogens is 2. The van der Waals surface area contributed by atoms with Crippen LogP contribution < -0.4 is 10.1 Å². The van der Waals surface area contributed by atoms with Gasteiger partial charge in [-0.2, -0.15) is 5.26 Å². The molecule has 0 unspecified atom stereocenters. The van der Waals surface area contributed by atoms with Crippen LogP contribution in [0.2, 0.25) is 0 Å². The number of fused-ring (bicyclic) bond motifs is 1. The average Bonchev–Trinajstić information content (AvgIpc) is 3.12. The molecule has 1 saturated heterocycles. The summed E-state index contributed by atoms with van der Waals surface area (Å²) in [4.78, 5) is 7.80. The number of methoxy groups -OCH3 is 1. The molecule has 3 heterocycles. The van der Waals surface area contributed by atoms with E-state index < -0.39 is 0 Å². The van der Waals surface area contributed by atoms with Crippen LogP contribution in [-0.4, -0.2) is 30.2 Å². The SMILES string of the molecule is COc1ccc(F)cc1-c1c(C#N)cnc2[nH]c(C3CCNCC3)cc12. The lowest BCUT2D eigenvalue weighted by Crippen LogP contribution is -2.26. The molecule has 0 spiro atoms. The third kappa shape index (κ3) is 2.80. The lowest BCUT2D eigenvalue weighted by molar-refractivity contribution is 0.415. The standard InChI is InChI=1S/C20H19FN4O/c1-26-18-3-2-14(21)8-15(18)19-13(10-22)11-24-20-16(19)9-17(25-20)12-4-6-23-7-5-12/h2-3,8-9,11-12,23H,4-7H2,1H3,(H,24,25). The van der Waals surface area contributed by atoms with Gasteiger partial charge in [-0.15, -0.1) is 0 Å². The van der Waals surface area contributed by atoms with Gasteiger partial charge in [0.05, 0.1) is 12.7 Å². The number of rotatable bonds is 3. The monoisotopic (exact) mass is 350 g/mol. The minimum atomic E-state index is -0.372. The second kappa shape index (κ2) is 6.77. The van der Waals surface area contributed by atoms with Crippen LogP contribution in [0.5, 0.6) is 5.75 Å². The van der Waals surface area contributed by atoms with E-state index in [9.17, 15) is 9.65 Å². The molecule has 0 saturated carbocycles. The van der Waals surface area contributed by atoms with Crippen LogP contribution in [0.15, 0.2) is 30.5 Å². The van der Waals surface area contributed by atoms with Crippen LogP contribution in [-0.2, 0) is 0 Å². The summed E-state index contributed by atoms with van der Waals surface area (Å²) >= 11 is 0. The summed E-state index contributed by atoms with van der Waals surface area (Å²) in [6.07, 6.45) is 3.64. The maximum Gasteiger partial charge on any atom is 0.138 e. The molecule has 2 aromatic heterocycles. The maximum atomic E-state index is 13.9. The van der Waals surface area contributed by atoms with Crippen LogP contribution in [0.3, 0.4) is 0 Å². The van der Waals surface area contributed by atoms with Gasteiger partial charge in [-0.05, 0) is 50.2 Å². The molecule has 6 heteroatoms. The Labute approximate surface area is 150 Å². The van der Waals surface area contributed by atoms with Gasteiger partial charge in [0.25, 0.3) is 0 Å². The van der Waals surface area contributed by atoms with Gasteiger partial charge in [0, 0.05) is 34.3 Å². The molecule has 0 radical (unpaired) electrons. The van der Waals surface area contributed by atoms with Gasteiger partial charge in [0.1, 0.15) is 23.3 Å². The van der Waals surface area contributed by atoms with Gasteiger partial charge in [-0.25, -0.2) is 9.37 Å². The quantitative estimate of drug-likeness (QED) is 0.755. The molecule has 1 aliphatic rings. The van der Waals surface area contributed by atoms with Crippen molar-refractivity contribution in [3.63, 3.8) is 0 Å². The molecule has 0 aliphatic carbocycles. The first-order chi connectivity index (χ1) is 12.7. The molecular weight excluding hydrogens is 331 g/mol. The van der Waals surface area contributed by atoms with E-state index in [1.54, 1.807) is 13.2 Å². The molecule has 3 aromatic rings. The molecule has 1 aromatic carbocycles. The fourth-order valence-electron chi connectivity index (χ4n) is 3.70. The van der Waals surface area contributed by atoms with Crippen molar-refractivity contribution in [2.75, 3.05) is 20.2 Å². The summed E-state index contributed by atoms with van der Waals surface area (Å²) < 4.78 is 19.3. The van der Waals surface area contributed by atoms with E-state index in [1.807, 2.05) is 0 Å². The summed E-state index contributed by atoms with van der Waals surface area (Å²) in [5.74, 6) is 0.585. The molecule has 0 atom stereocenters. The summed E-state index contributed by atoms with van der Waals surface area (Å²) in [5.41, 5.74) is 3.44. The molecule has 26 heavy (non-hydrogen) atoms. The Morgan fingerprint density at radius 2 is 2.08 bits per heavy atom. The topological polar surface area (TPSA) is 73.7 Å². The van der Waals surface area contributed by atoms with Crippen LogP contribution in [0.4, 0.5) is 4.39 Å². The molecule has 132 valence electrons. The second-order valence-corrected chi connectivity index (χ2v) is 6.51. The average molecular weight is 350 g/mol. The molecule has 0 bridgehead atoms. The maximum absolute atomic E-state index is 13.9. The molecule has 1 aliphatic heterocycles. The normalized spacial score (nSPS) is 15.1. The third-order valence-electron chi connectivity index (χ3n) is 5.01. The Morgan fingerprint density at radius 1 is 1.27 bits per heavy atom. The van der Waals surface area contributed by atoms with E-state index in [-0.39, 0.29) is 5.82 Å². The number of nitrogens with zero attached hydrogens (tertiary/aromatic N) is 2. The number of benzene rings is 1. The highest BCUT2D eigenvalue weighted by Crippen LogP contribution is 2.39. The number of aromatic amines is 1. The van der Waals surface area contributed by atoms with Crippen LogP contribution in [0, 0.1) is 17.1 Å². The fourth-order valence-corrected chi connectivity index (χ4v) is 3.70. The number of hydrogen-bond donors (Lipinski definition) is 2. The Balaban J connectivity index is 1.94. The van der Waals surface area contributed by atoms with Gasteiger partial charge in [0.15, 0.2) is 0 Å². The van der Waals surface area contributed by atoms with E-state index in [4.69, 9.17) is 4.74 Å². The predicted molar refractivity (Wildman–Crippen MR) is 97.6 cm³/mol. The number of H-pyrrole nitrogens is 1. The van der Waals surface area contributed by atoms with Crippen molar-refractivity contribution in [2.24, 2.45) is 0 Å². The summed E-state index contributed by atoms with van der Waals surface area (Å²) in [5, 5.41) is 13.8. The molecule has 2 N–H and O–H groups in total. The Bertz CT molecular complexity index is 999. The highest BCUT2D eigenvalue weighted by Gasteiger charge is 2.21.